The van der Waals surface area contributed by atoms with Crippen LogP contribution in [0.25, 0.3) is 0 Å². The highest BCUT2D eigenvalue weighted by molar-refractivity contribution is 5.99. The molecule has 0 aromatic heterocycles. The molecule has 0 bridgehead atoms. The van der Waals surface area contributed by atoms with Gasteiger partial charge in [-0.25, -0.2) is 0 Å². The highest BCUT2D eigenvalue weighted by Gasteiger charge is 2.42. The molecule has 0 saturated heterocycles. The topological polar surface area (TPSA) is 135 Å². The van der Waals surface area contributed by atoms with Gasteiger partial charge in [0.1, 0.15) is 28.7 Å². The van der Waals surface area contributed by atoms with Crippen LogP contribution in [-0.4, -0.2) is 37.1 Å². The van der Waals surface area contributed by atoms with E-state index in [-0.39, 0.29) is 70.5 Å². The molecule has 7 rings (SSSR count). The van der Waals surface area contributed by atoms with Gasteiger partial charge in [0.05, 0.1) is 0 Å². The van der Waals surface area contributed by atoms with Crippen LogP contribution in [-0.2, 0) is 37.9 Å². The zero-order chi connectivity index (χ0) is 58.0. The molecule has 78 heavy (non-hydrogen) atoms. The number of rotatable bonds is 8. The first-order chi connectivity index (χ1) is 35.3. The molecule has 0 aliphatic carbocycles. The van der Waals surface area contributed by atoms with Crippen molar-refractivity contribution >= 4 is 11.6 Å². The van der Waals surface area contributed by atoms with Crippen LogP contribution in [0.2, 0.25) is 0 Å². The Morgan fingerprint density at radius 1 is 0.308 bits per heavy atom. The fourth-order valence-corrected chi connectivity index (χ4v) is 9.58. The molecular formula is C71H91O7+. The summed E-state index contributed by atoms with van der Waals surface area (Å²) in [5, 5.41) is 56.2. The zero-order valence-electron chi connectivity index (χ0n) is 50.4. The Morgan fingerprint density at radius 3 is 0.795 bits per heavy atom. The van der Waals surface area contributed by atoms with Gasteiger partial charge in [-0.3, -0.25) is 9.59 Å². The van der Waals surface area contributed by atoms with Crippen LogP contribution in [0.3, 0.4) is 0 Å². The molecule has 0 spiro atoms. The normalized spacial score (nSPS) is 12.3. The maximum absolute atomic E-state index is 11.8. The Hall–Kier alpha value is -7.12. The molecular weight excluding hydrogens is 965 g/mol. The minimum atomic E-state index is -1.04. The van der Waals surface area contributed by atoms with E-state index in [0.29, 0.717) is 39.1 Å². The molecule has 0 aliphatic heterocycles. The predicted molar refractivity (Wildman–Crippen MR) is 326 cm³/mol. The van der Waals surface area contributed by atoms with Gasteiger partial charge in [-0.15, -0.1) is 0 Å². The smallest absolute Gasteiger partial charge is 0.508 e. The van der Waals surface area contributed by atoms with Gasteiger partial charge in [-0.2, -0.15) is 0 Å². The molecule has 7 aromatic carbocycles. The summed E-state index contributed by atoms with van der Waals surface area (Å²) in [6.45, 7) is 39.4. The number of hydrogen-bond donors (Lipinski definition) is 5. The Morgan fingerprint density at radius 2 is 0.551 bits per heavy atom. The summed E-state index contributed by atoms with van der Waals surface area (Å²) in [6.07, 6.45) is 0. The van der Waals surface area contributed by atoms with E-state index < -0.39 is 10.8 Å². The fraction of sp³-hybridized carbons (Fsp3) is 0.380. The van der Waals surface area contributed by atoms with Crippen LogP contribution in [0.4, 0.5) is 0 Å². The van der Waals surface area contributed by atoms with Crippen molar-refractivity contribution in [2.75, 3.05) is 0 Å². The molecule has 0 radical (unpaired) electrons. The van der Waals surface area contributed by atoms with Crippen molar-refractivity contribution in [3.8, 4) is 28.7 Å². The second-order valence-electron chi connectivity index (χ2n) is 26.2. The minimum absolute atomic E-state index is 0. The van der Waals surface area contributed by atoms with E-state index in [1.54, 1.807) is 60.7 Å². The van der Waals surface area contributed by atoms with E-state index in [1.165, 1.54) is 19.4 Å². The molecule has 416 valence electrons. The molecule has 0 amide bonds. The van der Waals surface area contributed by atoms with Gasteiger partial charge >= 0.3 is 1.43 Å². The van der Waals surface area contributed by atoms with Crippen molar-refractivity contribution in [3.05, 3.63) is 218 Å². The summed E-state index contributed by atoms with van der Waals surface area (Å²) in [4.78, 5) is 21.8. The van der Waals surface area contributed by atoms with Crippen LogP contribution in [0, 0.1) is 0 Å². The van der Waals surface area contributed by atoms with E-state index in [9.17, 15) is 30.0 Å². The van der Waals surface area contributed by atoms with Crippen molar-refractivity contribution in [1.29, 1.82) is 0 Å². The first-order valence-corrected chi connectivity index (χ1v) is 26.7. The molecule has 7 heteroatoms. The Balaban J connectivity index is 0.000000539. The summed E-state index contributed by atoms with van der Waals surface area (Å²) < 4.78 is 0. The van der Waals surface area contributed by atoms with E-state index in [1.807, 2.05) is 54.6 Å². The third kappa shape index (κ3) is 14.3. The molecule has 5 N–H and O–H groups in total. The zero-order valence-corrected chi connectivity index (χ0v) is 49.4. The van der Waals surface area contributed by atoms with Crippen molar-refractivity contribution in [3.63, 3.8) is 0 Å². The molecule has 0 fully saturated rings. The lowest BCUT2D eigenvalue weighted by atomic mass is 9.65. The molecule has 7 nitrogen and oxygen atoms in total. The lowest BCUT2D eigenvalue weighted by molar-refractivity contribution is 0.101. The molecule has 0 heterocycles. The number of benzene rings is 7. The van der Waals surface area contributed by atoms with Gasteiger partial charge in [0.2, 0.25) is 0 Å². The number of Topliss-reactive ketones (excluding diaryl/α,β-unsaturated/α-hetero) is 2. The minimum Gasteiger partial charge on any atom is -0.508 e. The third-order valence-electron chi connectivity index (χ3n) is 15.0. The summed E-state index contributed by atoms with van der Waals surface area (Å²) in [6, 6.07) is 45.5. The number of hydrogen-bond acceptors (Lipinski definition) is 7. The van der Waals surface area contributed by atoms with Gasteiger partial charge < -0.3 is 25.5 Å². The number of phenolic OH excluding ortho intramolecular Hbond substituents is 5. The van der Waals surface area contributed by atoms with Gasteiger partial charge in [0.25, 0.3) is 0 Å². The van der Waals surface area contributed by atoms with E-state index >= 15 is 0 Å². The molecule has 0 saturated carbocycles. The van der Waals surface area contributed by atoms with Crippen molar-refractivity contribution < 1.29 is 36.5 Å². The third-order valence-corrected chi connectivity index (χ3v) is 15.0. The van der Waals surface area contributed by atoms with E-state index in [4.69, 9.17) is 5.11 Å². The number of ketones is 2. The monoisotopic (exact) mass is 1060 g/mol. The Labute approximate surface area is 469 Å². The Bertz CT molecular complexity index is 2930. The summed E-state index contributed by atoms with van der Waals surface area (Å²) in [5.41, 5.74) is 8.28. The average molecular weight is 1060 g/mol. The molecule has 0 aliphatic rings. The van der Waals surface area contributed by atoms with Gasteiger partial charge in [0.15, 0.2) is 11.6 Å². The predicted octanol–water partition coefficient (Wildman–Crippen LogP) is 17.9. The summed E-state index contributed by atoms with van der Waals surface area (Å²) in [5.74, 6) is 0.820. The lowest BCUT2D eigenvalue weighted by Crippen LogP contribution is -2.30. The van der Waals surface area contributed by atoms with Gasteiger partial charge in [-0.05, 0) is 136 Å². The first-order valence-electron chi connectivity index (χ1n) is 26.7. The van der Waals surface area contributed by atoms with Crippen molar-refractivity contribution in [2.24, 2.45) is 0 Å². The number of carbonyl (C=O) groups excluding carboxylic acids is 2. The highest BCUT2D eigenvalue weighted by atomic mass is 16.3. The summed E-state index contributed by atoms with van der Waals surface area (Å²) in [7, 11) is 0. The van der Waals surface area contributed by atoms with E-state index in [0.717, 1.165) is 33.4 Å². The maximum Gasteiger partial charge on any atom is 1.00 e. The number of carbonyl (C=O) groups is 2. The van der Waals surface area contributed by atoms with Crippen molar-refractivity contribution in [1.82, 2.24) is 0 Å². The van der Waals surface area contributed by atoms with E-state index in [2.05, 4.69) is 148 Å². The van der Waals surface area contributed by atoms with Crippen LogP contribution < -0.4 is 0 Å². The van der Waals surface area contributed by atoms with Crippen LogP contribution >= 0.6 is 0 Å². The second kappa shape index (κ2) is 23.5. The lowest BCUT2D eigenvalue weighted by Gasteiger charge is -2.38. The second-order valence-corrected chi connectivity index (χ2v) is 26.2. The van der Waals surface area contributed by atoms with Crippen LogP contribution in [0.15, 0.2) is 146 Å². The molecule has 0 atom stereocenters. The maximum atomic E-state index is 11.8. The van der Waals surface area contributed by atoms with Crippen LogP contribution in [0.1, 0.15) is 222 Å². The standard InChI is InChI=1S/C50H62O4.C10H10O2.C10H14O.CH4/c1-45(2,3)31-18-22-41(51)37(27-31)49(13,38-28-32(46(4,5)6)19-23-42(38)52)35-16-15-17-36(26-35)50(14,39-29-33(47(7,8)9)20-24-43(39)53)40-30-34(48(10,11)12)21-25-44(40)54;1-7(11)9-4-3-5-10(6-9)8(2)12;1-10(2,3)8-4-6-9(11)7-5-8;/h15-30,51-54H,1-14H3;3-6H,1-2H3;4-7,11H,1-3H3;1H4/p+1. The highest BCUT2D eigenvalue weighted by Crippen LogP contribution is 2.52. The van der Waals surface area contributed by atoms with Crippen LogP contribution in [0.5, 0.6) is 28.7 Å². The van der Waals surface area contributed by atoms with Gasteiger partial charge in [-0.1, -0.05) is 214 Å². The number of aromatic hydroxyl groups is 5. The molecule has 7 aromatic rings. The summed E-state index contributed by atoms with van der Waals surface area (Å²) >= 11 is 0. The Kier molecular flexibility index (Phi) is 19.1. The van der Waals surface area contributed by atoms with Crippen molar-refractivity contribution in [2.45, 2.75) is 177 Å². The van der Waals surface area contributed by atoms with Gasteiger partial charge in [0, 0.05) is 44.2 Å². The first kappa shape index (κ1) is 63.4. The average Bonchev–Trinajstić information content (AvgIpc) is 3.33. The SMILES string of the molecule is C.CC(=O)c1cccc(C(C)=O)c1.CC(C)(C)c1ccc(O)c(C(C)(c2cccc(C(C)(c3cc(C(C)(C)C)ccc3O)c3cc(C(C)(C)C)ccc3O)c2)c2cc(C(C)(C)C)ccc2O)c1.CC(C)(C)c1ccc(O)cc1.[H+]. The molecule has 0 unspecified atom stereocenters. The number of phenols is 5. The quantitative estimate of drug-likeness (QED) is 0.0755. The largest absolute Gasteiger partial charge is 1.00 e. The fourth-order valence-electron chi connectivity index (χ4n) is 9.58.